The molecule has 0 aromatic rings. The molecule has 0 bridgehead atoms. The fourth-order valence-corrected chi connectivity index (χ4v) is 8.12. The molecule has 0 unspecified atom stereocenters. The van der Waals surface area contributed by atoms with Gasteiger partial charge in [-0.3, -0.25) is 9.59 Å². The van der Waals surface area contributed by atoms with Gasteiger partial charge in [0.05, 0.1) is 12.2 Å². The highest BCUT2D eigenvalue weighted by Crippen LogP contribution is 2.69. The Kier molecular flexibility index (Phi) is 4.91. The van der Waals surface area contributed by atoms with E-state index in [-0.39, 0.29) is 34.7 Å². The Balaban J connectivity index is 1.55. The van der Waals surface area contributed by atoms with E-state index in [9.17, 15) is 19.8 Å². The highest BCUT2D eigenvalue weighted by Gasteiger charge is 2.75. The van der Waals surface area contributed by atoms with Crippen molar-refractivity contribution in [3.05, 3.63) is 23.8 Å². The number of hydrogen-bond donors (Lipinski definition) is 2. The Morgan fingerprint density at radius 1 is 1.32 bits per heavy atom. The Hall–Kier alpha value is -1.34. The summed E-state index contributed by atoms with van der Waals surface area (Å²) in [6, 6.07) is 0. The molecule has 1 aliphatic heterocycles. The predicted molar refractivity (Wildman–Crippen MR) is 113 cm³/mol. The molecule has 5 rings (SSSR count). The number of carbonyl (C=O) groups is 2. The molecule has 1 saturated heterocycles. The molecular formula is C25H34O6. The van der Waals surface area contributed by atoms with Crippen molar-refractivity contribution in [3.8, 4) is 0 Å². The number of aliphatic hydroxyl groups is 2. The number of ether oxygens (including phenoxy) is 2. The summed E-state index contributed by atoms with van der Waals surface area (Å²) in [7, 11) is 0. The molecule has 0 radical (unpaired) electrons. The zero-order valence-corrected chi connectivity index (χ0v) is 18.7. The van der Waals surface area contributed by atoms with Crippen molar-refractivity contribution in [1.82, 2.24) is 0 Å². The topological polar surface area (TPSA) is 93.1 Å². The van der Waals surface area contributed by atoms with E-state index < -0.39 is 36.1 Å². The van der Waals surface area contributed by atoms with E-state index >= 15 is 0 Å². The van der Waals surface area contributed by atoms with Crippen molar-refractivity contribution < 1.29 is 29.3 Å². The molecule has 6 nitrogen and oxygen atoms in total. The smallest absolute Gasteiger partial charge is 0.193 e. The first-order valence-electron chi connectivity index (χ1n) is 11.8. The van der Waals surface area contributed by atoms with Gasteiger partial charge in [0.1, 0.15) is 6.61 Å². The van der Waals surface area contributed by atoms with E-state index in [0.29, 0.717) is 19.3 Å². The van der Waals surface area contributed by atoms with Crippen molar-refractivity contribution in [2.45, 2.75) is 83.4 Å². The van der Waals surface area contributed by atoms with Crippen LogP contribution in [0, 0.1) is 28.6 Å². The van der Waals surface area contributed by atoms with Gasteiger partial charge in [-0.25, -0.2) is 0 Å². The van der Waals surface area contributed by atoms with Crippen molar-refractivity contribution in [2.75, 3.05) is 6.61 Å². The molecule has 1 heterocycles. The summed E-state index contributed by atoms with van der Waals surface area (Å²) in [5, 5.41) is 21.4. The Morgan fingerprint density at radius 3 is 2.81 bits per heavy atom. The maximum Gasteiger partial charge on any atom is 0.193 e. The fraction of sp³-hybridized carbons (Fsp3) is 0.760. The van der Waals surface area contributed by atoms with Gasteiger partial charge in [-0.2, -0.15) is 0 Å². The Morgan fingerprint density at radius 2 is 2.10 bits per heavy atom. The third-order valence-electron chi connectivity index (χ3n) is 9.37. The highest BCUT2D eigenvalue weighted by atomic mass is 16.7. The van der Waals surface area contributed by atoms with Gasteiger partial charge >= 0.3 is 0 Å². The molecule has 170 valence electrons. The molecule has 31 heavy (non-hydrogen) atoms. The zero-order chi connectivity index (χ0) is 22.2. The predicted octanol–water partition coefficient (Wildman–Crippen LogP) is 2.72. The molecule has 5 aliphatic rings. The quantitative estimate of drug-likeness (QED) is 0.712. The van der Waals surface area contributed by atoms with E-state index in [0.717, 1.165) is 24.8 Å². The normalized spacial score (nSPS) is 50.4. The van der Waals surface area contributed by atoms with Crippen LogP contribution in [0.1, 0.15) is 59.3 Å². The average molecular weight is 431 g/mol. The van der Waals surface area contributed by atoms with Crippen molar-refractivity contribution in [2.24, 2.45) is 28.6 Å². The third-order valence-corrected chi connectivity index (χ3v) is 9.37. The molecule has 0 spiro atoms. The maximum absolute atomic E-state index is 13.2. The number of aliphatic hydroxyl groups excluding tert-OH is 2. The van der Waals surface area contributed by atoms with Crippen molar-refractivity contribution in [1.29, 1.82) is 0 Å². The minimum atomic E-state index is -1.20. The Labute approximate surface area is 183 Å². The van der Waals surface area contributed by atoms with Gasteiger partial charge in [-0.15, -0.1) is 0 Å². The first-order chi connectivity index (χ1) is 14.7. The number of rotatable bonds is 4. The molecule has 0 aromatic carbocycles. The monoisotopic (exact) mass is 430 g/mol. The number of ketones is 2. The molecule has 9 atom stereocenters. The van der Waals surface area contributed by atoms with Crippen LogP contribution in [0.3, 0.4) is 0 Å². The minimum Gasteiger partial charge on any atom is -0.393 e. The van der Waals surface area contributed by atoms with Gasteiger partial charge in [-0.1, -0.05) is 38.8 Å². The van der Waals surface area contributed by atoms with E-state index in [1.54, 1.807) is 12.2 Å². The van der Waals surface area contributed by atoms with Crippen molar-refractivity contribution in [3.63, 3.8) is 0 Å². The molecule has 6 heteroatoms. The largest absolute Gasteiger partial charge is 0.393 e. The van der Waals surface area contributed by atoms with Gasteiger partial charge < -0.3 is 19.7 Å². The molecule has 2 N–H and O–H groups in total. The summed E-state index contributed by atoms with van der Waals surface area (Å²) in [5.41, 5.74) is -1.05. The Bertz CT molecular complexity index is 862. The second-order valence-electron chi connectivity index (χ2n) is 10.7. The second-order valence-corrected chi connectivity index (χ2v) is 10.7. The molecule has 3 saturated carbocycles. The minimum absolute atomic E-state index is 0.0125. The summed E-state index contributed by atoms with van der Waals surface area (Å²) in [4.78, 5) is 25.2. The third kappa shape index (κ3) is 2.65. The second kappa shape index (κ2) is 7.08. The standard InChI is InChI=1S/C25H34O6/c1-4-5-21-30-20-11-17-16-7-6-14-10-15(27)8-9-23(14,2)22(16)18(28)12-24(17,3)25(20,31-21)19(29)13-26/h8-10,16-18,20-22,26,28H,4-7,11-13H2,1-3H3/t16-,17+,18-,20+,21+,22+,23+,24-,25+/m0/s1. The van der Waals surface area contributed by atoms with Crippen LogP contribution < -0.4 is 0 Å². The lowest BCUT2D eigenvalue weighted by atomic mass is 9.46. The molecule has 4 aliphatic carbocycles. The van der Waals surface area contributed by atoms with Gasteiger partial charge in [0.25, 0.3) is 0 Å². The zero-order valence-electron chi connectivity index (χ0n) is 18.7. The van der Waals surface area contributed by atoms with E-state index in [4.69, 9.17) is 9.47 Å². The summed E-state index contributed by atoms with van der Waals surface area (Å²) in [6.07, 6.45) is 8.31. The number of allylic oxidation sites excluding steroid dienone is 4. The van der Waals surface area contributed by atoms with E-state index in [1.165, 1.54) is 0 Å². The van der Waals surface area contributed by atoms with Crippen LogP contribution in [-0.2, 0) is 19.1 Å². The van der Waals surface area contributed by atoms with Gasteiger partial charge in [0.15, 0.2) is 23.5 Å². The summed E-state index contributed by atoms with van der Waals surface area (Å²) >= 11 is 0. The van der Waals surface area contributed by atoms with Crippen LogP contribution in [-0.4, -0.2) is 52.5 Å². The van der Waals surface area contributed by atoms with Crippen LogP contribution in [0.2, 0.25) is 0 Å². The van der Waals surface area contributed by atoms with Crippen LogP contribution in [0.5, 0.6) is 0 Å². The van der Waals surface area contributed by atoms with Crippen molar-refractivity contribution >= 4 is 11.6 Å². The van der Waals surface area contributed by atoms with Gasteiger partial charge in [0.2, 0.25) is 0 Å². The van der Waals surface area contributed by atoms with Crippen LogP contribution >= 0.6 is 0 Å². The molecule has 4 fully saturated rings. The molecule has 0 amide bonds. The number of fused-ring (bicyclic) bond motifs is 7. The van der Waals surface area contributed by atoms with Gasteiger partial charge in [0, 0.05) is 16.7 Å². The number of hydrogen-bond acceptors (Lipinski definition) is 6. The summed E-state index contributed by atoms with van der Waals surface area (Å²) in [6.45, 7) is 5.67. The lowest BCUT2D eigenvalue weighted by molar-refractivity contribution is -0.200. The number of Topliss-reactive ketones (excluding diaryl/α,β-unsaturated/α-hetero) is 1. The first-order valence-corrected chi connectivity index (χ1v) is 11.8. The molecule has 0 aromatic heterocycles. The average Bonchev–Trinajstić information content (AvgIpc) is 3.20. The van der Waals surface area contributed by atoms with E-state index in [2.05, 4.69) is 20.8 Å². The summed E-state index contributed by atoms with van der Waals surface area (Å²) < 4.78 is 12.7. The van der Waals surface area contributed by atoms with Crippen LogP contribution in [0.25, 0.3) is 0 Å². The van der Waals surface area contributed by atoms with Crippen LogP contribution in [0.15, 0.2) is 23.8 Å². The fourth-order valence-electron chi connectivity index (χ4n) is 8.12. The summed E-state index contributed by atoms with van der Waals surface area (Å²) in [5.74, 6) is 0.0274. The van der Waals surface area contributed by atoms with Crippen LogP contribution in [0.4, 0.5) is 0 Å². The highest BCUT2D eigenvalue weighted by molar-refractivity contribution is 6.01. The SMILES string of the molecule is CCC[C@@H]1O[C@@H]2C[C@@H]3[C@@H]4CCC5=CC(=O)C=C[C@@]5(C)[C@H]4[C@@H](O)C[C@]3(C)[C@]2(C(=O)CO)O1. The van der Waals surface area contributed by atoms with Gasteiger partial charge in [-0.05, 0) is 56.1 Å². The number of carbonyl (C=O) groups excluding carboxylic acids is 2. The first kappa shape index (κ1) is 21.5. The van der Waals surface area contributed by atoms with E-state index in [1.807, 2.05) is 6.08 Å². The lowest BCUT2D eigenvalue weighted by Gasteiger charge is -2.59. The molecular weight excluding hydrogens is 396 g/mol. The lowest BCUT2D eigenvalue weighted by Crippen LogP contribution is -2.63. The maximum atomic E-state index is 13.2.